The molecule has 0 aromatic heterocycles. The van der Waals surface area contributed by atoms with Crippen LogP contribution in [0.3, 0.4) is 0 Å². The molecule has 0 atom stereocenters. The van der Waals surface area contributed by atoms with E-state index in [0.717, 1.165) is 5.56 Å². The fourth-order valence-electron chi connectivity index (χ4n) is 3.87. The molecule has 0 unspecified atom stereocenters. The van der Waals surface area contributed by atoms with Crippen LogP contribution in [0.5, 0.6) is 0 Å². The molecule has 2 fully saturated rings. The van der Waals surface area contributed by atoms with Crippen LogP contribution in [0, 0.1) is 0 Å². The van der Waals surface area contributed by atoms with Gasteiger partial charge in [-0.25, -0.2) is 17.5 Å². The molecule has 3 rings (SSSR count). The average Bonchev–Trinajstić information content (AvgIpc) is 2.79. The van der Waals surface area contributed by atoms with Gasteiger partial charge in [-0.05, 0) is 24.8 Å². The van der Waals surface area contributed by atoms with Gasteiger partial charge in [0.1, 0.15) is 5.54 Å². The number of benzene rings is 1. The fraction of sp³-hybridized carbons (Fsp3) is 0.556. The molecule has 26 heavy (non-hydrogen) atoms. The Morgan fingerprint density at radius 3 is 2.27 bits per heavy atom. The Morgan fingerprint density at radius 2 is 1.69 bits per heavy atom. The molecule has 3 amide bonds. The van der Waals surface area contributed by atoms with E-state index in [9.17, 15) is 18.0 Å². The van der Waals surface area contributed by atoms with Gasteiger partial charge in [0.15, 0.2) is 0 Å². The Balaban J connectivity index is 1.84. The molecule has 0 radical (unpaired) electrons. The summed E-state index contributed by atoms with van der Waals surface area (Å²) in [5, 5.41) is 0. The zero-order valence-electron chi connectivity index (χ0n) is 15.2. The highest BCUT2D eigenvalue weighted by atomic mass is 32.2. The van der Waals surface area contributed by atoms with Gasteiger partial charge in [-0.1, -0.05) is 37.3 Å². The van der Waals surface area contributed by atoms with Gasteiger partial charge in [0, 0.05) is 26.7 Å². The van der Waals surface area contributed by atoms with Crippen molar-refractivity contribution in [2.24, 2.45) is 0 Å². The summed E-state index contributed by atoms with van der Waals surface area (Å²) in [6.45, 7) is 2.71. The first-order chi connectivity index (χ1) is 12.3. The van der Waals surface area contributed by atoms with Gasteiger partial charge in [0.25, 0.3) is 5.91 Å². The monoisotopic (exact) mass is 379 g/mol. The van der Waals surface area contributed by atoms with Crippen molar-refractivity contribution in [3.8, 4) is 0 Å². The number of likely N-dealkylation sites (N-methyl/N-ethyl adjacent to an activating group) is 1. The van der Waals surface area contributed by atoms with Crippen LogP contribution in [-0.4, -0.2) is 65.9 Å². The SMILES string of the molecule is CCCS(=O)(=O)N1CCC2(CC1)C(=O)N(C)C(=O)N2Cc1ccccc1. The van der Waals surface area contributed by atoms with Crippen molar-refractivity contribution < 1.29 is 18.0 Å². The lowest BCUT2D eigenvalue weighted by Gasteiger charge is -2.41. The molecule has 2 aliphatic heterocycles. The molecule has 1 aromatic rings. The summed E-state index contributed by atoms with van der Waals surface area (Å²) in [6, 6.07) is 9.22. The van der Waals surface area contributed by atoms with E-state index in [1.165, 1.54) is 16.3 Å². The Bertz CT molecular complexity index is 786. The van der Waals surface area contributed by atoms with Gasteiger partial charge >= 0.3 is 6.03 Å². The standard InChI is InChI=1S/C18H25N3O4S/c1-3-13-26(24,25)20-11-9-18(10-12-20)16(22)19(2)17(23)21(18)14-15-7-5-4-6-8-15/h4-8H,3,9-14H2,1-2H3. The van der Waals surface area contributed by atoms with Crippen molar-refractivity contribution in [2.75, 3.05) is 25.9 Å². The van der Waals surface area contributed by atoms with Crippen molar-refractivity contribution >= 4 is 22.0 Å². The molecule has 1 aromatic carbocycles. The summed E-state index contributed by atoms with van der Waals surface area (Å²) in [7, 11) is -1.80. The molecule has 0 saturated carbocycles. The largest absolute Gasteiger partial charge is 0.327 e. The van der Waals surface area contributed by atoms with Crippen molar-refractivity contribution in [1.29, 1.82) is 0 Å². The first kappa shape index (κ1) is 18.8. The van der Waals surface area contributed by atoms with Gasteiger partial charge in [0.05, 0.1) is 5.75 Å². The third-order valence-corrected chi connectivity index (χ3v) is 7.40. The topological polar surface area (TPSA) is 78.0 Å². The van der Waals surface area contributed by atoms with Crippen molar-refractivity contribution in [3.63, 3.8) is 0 Å². The van der Waals surface area contributed by atoms with E-state index in [1.807, 2.05) is 37.3 Å². The molecule has 142 valence electrons. The average molecular weight is 379 g/mol. The van der Waals surface area contributed by atoms with E-state index in [2.05, 4.69) is 0 Å². The van der Waals surface area contributed by atoms with Gasteiger partial charge in [-0.15, -0.1) is 0 Å². The van der Waals surface area contributed by atoms with Gasteiger partial charge in [0.2, 0.25) is 10.0 Å². The highest BCUT2D eigenvalue weighted by Gasteiger charge is 2.57. The normalized spacial score (nSPS) is 21.0. The maximum Gasteiger partial charge on any atom is 0.327 e. The Labute approximate surface area is 154 Å². The molecule has 8 heteroatoms. The first-order valence-electron chi connectivity index (χ1n) is 8.93. The van der Waals surface area contributed by atoms with Crippen LogP contribution in [0.25, 0.3) is 0 Å². The maximum absolute atomic E-state index is 12.9. The van der Waals surface area contributed by atoms with Gasteiger partial charge < -0.3 is 4.90 Å². The van der Waals surface area contributed by atoms with Crippen LogP contribution in [0.1, 0.15) is 31.7 Å². The zero-order valence-corrected chi connectivity index (χ0v) is 16.0. The molecule has 7 nitrogen and oxygen atoms in total. The summed E-state index contributed by atoms with van der Waals surface area (Å²) >= 11 is 0. The van der Waals surface area contributed by atoms with Crippen molar-refractivity contribution in [3.05, 3.63) is 35.9 Å². The number of imide groups is 1. The number of carbonyl (C=O) groups is 2. The zero-order chi connectivity index (χ0) is 18.9. The highest BCUT2D eigenvalue weighted by Crippen LogP contribution is 2.38. The molecule has 1 spiro atoms. The van der Waals surface area contributed by atoms with E-state index in [0.29, 0.717) is 25.8 Å². The van der Waals surface area contributed by atoms with E-state index in [-0.39, 0.29) is 30.8 Å². The van der Waals surface area contributed by atoms with Crippen LogP contribution < -0.4 is 0 Å². The predicted molar refractivity (Wildman–Crippen MR) is 97.8 cm³/mol. The molecular weight excluding hydrogens is 354 g/mol. The molecule has 2 heterocycles. The predicted octanol–water partition coefficient (Wildman–Crippen LogP) is 1.65. The summed E-state index contributed by atoms with van der Waals surface area (Å²) < 4.78 is 26.1. The molecule has 2 aliphatic rings. The Morgan fingerprint density at radius 1 is 1.08 bits per heavy atom. The number of rotatable bonds is 5. The number of carbonyl (C=O) groups excluding carboxylic acids is 2. The van der Waals surface area contributed by atoms with E-state index in [1.54, 1.807) is 4.90 Å². The fourth-order valence-corrected chi connectivity index (χ4v) is 5.38. The lowest BCUT2D eigenvalue weighted by Crippen LogP contribution is -2.57. The second-order valence-electron chi connectivity index (χ2n) is 6.97. The van der Waals surface area contributed by atoms with E-state index < -0.39 is 15.6 Å². The first-order valence-corrected chi connectivity index (χ1v) is 10.5. The van der Waals surface area contributed by atoms with Crippen molar-refractivity contribution in [2.45, 2.75) is 38.3 Å². The third-order valence-electron chi connectivity index (χ3n) is 5.33. The quantitative estimate of drug-likeness (QED) is 0.729. The molecular formula is C18H25N3O4S. The van der Waals surface area contributed by atoms with Crippen molar-refractivity contribution in [1.82, 2.24) is 14.1 Å². The Kier molecular flexibility index (Phi) is 5.07. The summed E-state index contributed by atoms with van der Waals surface area (Å²) in [5.41, 5.74) is 0.00395. The number of nitrogens with zero attached hydrogens (tertiary/aromatic N) is 3. The highest BCUT2D eigenvalue weighted by molar-refractivity contribution is 7.89. The summed E-state index contributed by atoms with van der Waals surface area (Å²) in [5.74, 6) is -0.119. The Hall–Kier alpha value is -1.93. The molecule has 2 saturated heterocycles. The van der Waals surface area contributed by atoms with Crippen LogP contribution in [0.4, 0.5) is 4.79 Å². The summed E-state index contributed by atoms with van der Waals surface area (Å²) in [6.07, 6.45) is 1.22. The van der Waals surface area contributed by atoms with Gasteiger partial charge in [-0.3, -0.25) is 9.69 Å². The minimum absolute atomic E-state index is 0.112. The van der Waals surface area contributed by atoms with Crippen LogP contribution in [0.15, 0.2) is 30.3 Å². The lowest BCUT2D eigenvalue weighted by atomic mass is 9.86. The lowest BCUT2D eigenvalue weighted by molar-refractivity contribution is -0.134. The molecule has 0 N–H and O–H groups in total. The second-order valence-corrected chi connectivity index (χ2v) is 9.05. The minimum atomic E-state index is -3.30. The second kappa shape index (κ2) is 7.00. The minimum Gasteiger partial charge on any atom is -0.305 e. The van der Waals surface area contributed by atoms with E-state index >= 15 is 0 Å². The van der Waals surface area contributed by atoms with Gasteiger partial charge in [-0.2, -0.15) is 0 Å². The number of hydrogen-bond acceptors (Lipinski definition) is 4. The smallest absolute Gasteiger partial charge is 0.305 e. The third kappa shape index (κ3) is 3.12. The summed E-state index contributed by atoms with van der Waals surface area (Å²) in [4.78, 5) is 28.3. The van der Waals surface area contributed by atoms with Crippen LogP contribution in [-0.2, 0) is 21.4 Å². The molecule has 0 aliphatic carbocycles. The number of hydrogen-bond donors (Lipinski definition) is 0. The van der Waals surface area contributed by atoms with E-state index in [4.69, 9.17) is 0 Å². The number of sulfonamides is 1. The maximum atomic E-state index is 12.9. The number of amides is 3. The molecule has 0 bridgehead atoms. The van der Waals surface area contributed by atoms with Crippen LogP contribution in [0.2, 0.25) is 0 Å². The number of urea groups is 1. The number of piperidine rings is 1. The van der Waals surface area contributed by atoms with Crippen LogP contribution >= 0.6 is 0 Å².